The third-order valence-corrected chi connectivity index (χ3v) is 1.66. The second-order valence-corrected chi connectivity index (χ2v) is 3.93. The summed E-state index contributed by atoms with van der Waals surface area (Å²) in [5.74, 6) is 0.616. The highest BCUT2D eigenvalue weighted by atomic mass is 14.2. The van der Waals surface area contributed by atoms with E-state index in [1.54, 1.807) is 0 Å². The fourth-order valence-corrected chi connectivity index (χ4v) is 0.866. The zero-order chi connectivity index (χ0) is 7.65. The Kier molecular flexibility index (Phi) is 2.48. The standard InChI is InChI=1S/C9H18/c1-7(2)8(3)9(4,5)6/h7H,3H2,1-2,4-6H3. The van der Waals surface area contributed by atoms with Crippen LogP contribution in [0.25, 0.3) is 0 Å². The maximum atomic E-state index is 4.03. The van der Waals surface area contributed by atoms with E-state index >= 15 is 0 Å². The smallest absolute Gasteiger partial charge is 0.0173 e. The molecule has 0 saturated carbocycles. The molecule has 0 aromatic heterocycles. The molecule has 0 spiro atoms. The van der Waals surface area contributed by atoms with Gasteiger partial charge in [-0.15, -0.1) is 0 Å². The molecule has 0 aromatic rings. The summed E-state index contributed by atoms with van der Waals surface area (Å²) < 4.78 is 0. The highest BCUT2D eigenvalue weighted by Gasteiger charge is 2.16. The quantitative estimate of drug-likeness (QED) is 0.473. The van der Waals surface area contributed by atoms with Crippen molar-refractivity contribution in [1.82, 2.24) is 0 Å². The van der Waals surface area contributed by atoms with E-state index in [9.17, 15) is 0 Å². The van der Waals surface area contributed by atoms with Gasteiger partial charge in [-0.25, -0.2) is 0 Å². The molecule has 0 fully saturated rings. The largest absolute Gasteiger partial charge is 0.0991 e. The van der Waals surface area contributed by atoms with Gasteiger partial charge in [0.25, 0.3) is 0 Å². The third kappa shape index (κ3) is 2.69. The van der Waals surface area contributed by atoms with Crippen LogP contribution in [0.3, 0.4) is 0 Å². The normalized spacial score (nSPS) is 12.2. The topological polar surface area (TPSA) is 0 Å². The van der Waals surface area contributed by atoms with E-state index in [1.165, 1.54) is 5.57 Å². The summed E-state index contributed by atoms with van der Waals surface area (Å²) in [6.45, 7) is 15.0. The van der Waals surface area contributed by atoms with Crippen LogP contribution in [0.15, 0.2) is 12.2 Å². The van der Waals surface area contributed by atoms with Crippen LogP contribution in [-0.4, -0.2) is 0 Å². The SMILES string of the molecule is C=C(C(C)C)C(C)(C)C. The van der Waals surface area contributed by atoms with E-state index < -0.39 is 0 Å². The highest BCUT2D eigenvalue weighted by molar-refractivity contribution is 5.07. The summed E-state index contributed by atoms with van der Waals surface area (Å²) in [5, 5.41) is 0. The van der Waals surface area contributed by atoms with E-state index in [-0.39, 0.29) is 5.41 Å². The van der Waals surface area contributed by atoms with Gasteiger partial charge in [-0.1, -0.05) is 46.8 Å². The van der Waals surface area contributed by atoms with Crippen LogP contribution in [0.2, 0.25) is 0 Å². The minimum Gasteiger partial charge on any atom is -0.0991 e. The molecule has 0 unspecified atom stereocenters. The van der Waals surface area contributed by atoms with Crippen molar-refractivity contribution in [2.24, 2.45) is 11.3 Å². The Labute approximate surface area is 59.0 Å². The first kappa shape index (κ1) is 8.74. The molecule has 0 rings (SSSR count). The van der Waals surface area contributed by atoms with Crippen LogP contribution in [0.4, 0.5) is 0 Å². The molecule has 0 atom stereocenters. The summed E-state index contributed by atoms with van der Waals surface area (Å²) >= 11 is 0. The van der Waals surface area contributed by atoms with Crippen molar-refractivity contribution in [3.8, 4) is 0 Å². The van der Waals surface area contributed by atoms with Crippen LogP contribution in [0.1, 0.15) is 34.6 Å². The Hall–Kier alpha value is -0.260. The van der Waals surface area contributed by atoms with Gasteiger partial charge < -0.3 is 0 Å². The van der Waals surface area contributed by atoms with Crippen molar-refractivity contribution in [1.29, 1.82) is 0 Å². The fourth-order valence-electron chi connectivity index (χ4n) is 0.866. The molecule has 0 aliphatic heterocycles. The van der Waals surface area contributed by atoms with E-state index in [0.29, 0.717) is 5.92 Å². The summed E-state index contributed by atoms with van der Waals surface area (Å²) in [7, 11) is 0. The number of allylic oxidation sites excluding steroid dienone is 1. The van der Waals surface area contributed by atoms with Crippen molar-refractivity contribution < 1.29 is 0 Å². The second-order valence-electron chi connectivity index (χ2n) is 3.93. The molecular formula is C9H18. The molecule has 0 aliphatic carbocycles. The summed E-state index contributed by atoms with van der Waals surface area (Å²) in [5.41, 5.74) is 1.62. The van der Waals surface area contributed by atoms with Gasteiger partial charge in [-0.05, 0) is 11.3 Å². The first-order valence-electron chi connectivity index (χ1n) is 3.55. The molecule has 54 valence electrons. The molecule has 0 aliphatic rings. The van der Waals surface area contributed by atoms with Gasteiger partial charge in [-0.3, -0.25) is 0 Å². The van der Waals surface area contributed by atoms with Gasteiger partial charge in [-0.2, -0.15) is 0 Å². The maximum Gasteiger partial charge on any atom is -0.0173 e. The van der Waals surface area contributed by atoms with E-state index in [2.05, 4.69) is 41.2 Å². The highest BCUT2D eigenvalue weighted by Crippen LogP contribution is 2.28. The lowest BCUT2D eigenvalue weighted by Gasteiger charge is -2.24. The number of rotatable bonds is 1. The first-order chi connectivity index (χ1) is 3.85. The predicted octanol–water partition coefficient (Wildman–Crippen LogP) is 3.24. The van der Waals surface area contributed by atoms with Crippen LogP contribution in [-0.2, 0) is 0 Å². The molecule has 0 bridgehead atoms. The molecule has 0 amide bonds. The van der Waals surface area contributed by atoms with Gasteiger partial charge in [0.2, 0.25) is 0 Å². The van der Waals surface area contributed by atoms with Crippen molar-refractivity contribution in [2.75, 3.05) is 0 Å². The molecule has 0 N–H and O–H groups in total. The zero-order valence-corrected chi connectivity index (χ0v) is 7.28. The lowest BCUT2D eigenvalue weighted by atomic mass is 9.81. The van der Waals surface area contributed by atoms with Gasteiger partial charge >= 0.3 is 0 Å². The zero-order valence-electron chi connectivity index (χ0n) is 7.28. The van der Waals surface area contributed by atoms with E-state index in [4.69, 9.17) is 0 Å². The summed E-state index contributed by atoms with van der Waals surface area (Å²) in [6.07, 6.45) is 0. The molecule has 0 saturated heterocycles. The van der Waals surface area contributed by atoms with Crippen LogP contribution in [0, 0.1) is 11.3 Å². The second kappa shape index (κ2) is 2.55. The van der Waals surface area contributed by atoms with Gasteiger partial charge in [0.05, 0.1) is 0 Å². The number of hydrogen-bond donors (Lipinski definition) is 0. The molecule has 9 heavy (non-hydrogen) atoms. The van der Waals surface area contributed by atoms with Crippen molar-refractivity contribution in [2.45, 2.75) is 34.6 Å². The average Bonchev–Trinajstić information content (AvgIpc) is 1.62. The Morgan fingerprint density at radius 1 is 1.22 bits per heavy atom. The Morgan fingerprint density at radius 2 is 1.56 bits per heavy atom. The first-order valence-corrected chi connectivity index (χ1v) is 3.55. The van der Waals surface area contributed by atoms with Crippen LogP contribution in [0.5, 0.6) is 0 Å². The minimum atomic E-state index is 0.286. The fraction of sp³-hybridized carbons (Fsp3) is 0.778. The minimum absolute atomic E-state index is 0.286. The maximum absolute atomic E-state index is 4.03. The molecule has 0 radical (unpaired) electrons. The Balaban J connectivity index is 4.06. The molecular weight excluding hydrogens is 108 g/mol. The third-order valence-electron chi connectivity index (χ3n) is 1.66. The monoisotopic (exact) mass is 126 g/mol. The van der Waals surface area contributed by atoms with E-state index in [1.807, 2.05) is 0 Å². The van der Waals surface area contributed by atoms with Crippen molar-refractivity contribution in [3.05, 3.63) is 12.2 Å². The predicted molar refractivity (Wildman–Crippen MR) is 43.4 cm³/mol. The van der Waals surface area contributed by atoms with Crippen LogP contribution >= 0.6 is 0 Å². The number of hydrogen-bond acceptors (Lipinski definition) is 0. The Bertz CT molecular complexity index is 102. The lowest BCUT2D eigenvalue weighted by molar-refractivity contribution is 0.451. The van der Waals surface area contributed by atoms with E-state index in [0.717, 1.165) is 0 Å². The lowest BCUT2D eigenvalue weighted by Crippen LogP contribution is -2.12. The molecule has 0 nitrogen and oxygen atoms in total. The van der Waals surface area contributed by atoms with Crippen molar-refractivity contribution in [3.63, 3.8) is 0 Å². The van der Waals surface area contributed by atoms with Gasteiger partial charge in [0, 0.05) is 0 Å². The average molecular weight is 126 g/mol. The van der Waals surface area contributed by atoms with Crippen molar-refractivity contribution >= 4 is 0 Å². The molecule has 0 heterocycles. The van der Waals surface area contributed by atoms with Gasteiger partial charge in [0.1, 0.15) is 0 Å². The molecule has 0 heteroatoms. The Morgan fingerprint density at radius 3 is 1.56 bits per heavy atom. The summed E-state index contributed by atoms with van der Waals surface area (Å²) in [4.78, 5) is 0. The summed E-state index contributed by atoms with van der Waals surface area (Å²) in [6, 6.07) is 0. The van der Waals surface area contributed by atoms with Gasteiger partial charge in [0.15, 0.2) is 0 Å². The molecule has 0 aromatic carbocycles. The van der Waals surface area contributed by atoms with Crippen LogP contribution < -0.4 is 0 Å².